The molecule has 0 unspecified atom stereocenters. The summed E-state index contributed by atoms with van der Waals surface area (Å²) in [5, 5.41) is 7.60. The van der Waals surface area contributed by atoms with Gasteiger partial charge < -0.3 is 25.0 Å². The van der Waals surface area contributed by atoms with Crippen LogP contribution < -0.4 is 15.4 Å². The number of esters is 1. The van der Waals surface area contributed by atoms with Crippen molar-refractivity contribution in [2.45, 2.75) is 26.0 Å². The van der Waals surface area contributed by atoms with Crippen molar-refractivity contribution in [3.05, 3.63) is 66.5 Å². The van der Waals surface area contributed by atoms with Crippen LogP contribution in [0.3, 0.4) is 0 Å². The third-order valence-electron chi connectivity index (χ3n) is 5.72. The Morgan fingerprint density at radius 1 is 1.29 bits per heavy atom. The second-order valence-electron chi connectivity index (χ2n) is 8.37. The minimum Gasteiger partial charge on any atom is -0.495 e. The van der Waals surface area contributed by atoms with E-state index in [2.05, 4.69) is 39.7 Å². The largest absolute Gasteiger partial charge is 0.495 e. The number of hydrogen-bond donors (Lipinski definition) is 2. The lowest BCUT2D eigenvalue weighted by Crippen LogP contribution is -2.46. The van der Waals surface area contributed by atoms with Gasteiger partial charge >= 0.3 is 5.97 Å². The zero-order chi connectivity index (χ0) is 24.8. The Labute approximate surface area is 204 Å². The van der Waals surface area contributed by atoms with Crippen molar-refractivity contribution in [2.24, 2.45) is 0 Å². The molecule has 3 aromatic rings. The summed E-state index contributed by atoms with van der Waals surface area (Å²) in [5.41, 5.74) is 2.65. The summed E-state index contributed by atoms with van der Waals surface area (Å²) in [7, 11) is 1.60. The summed E-state index contributed by atoms with van der Waals surface area (Å²) >= 11 is 0. The summed E-state index contributed by atoms with van der Waals surface area (Å²) in [5.74, 6) is 0.729. The van der Waals surface area contributed by atoms with E-state index < -0.39 is 5.97 Å². The molecule has 1 aromatic heterocycles. The molecule has 0 aliphatic carbocycles. The molecule has 1 aliphatic heterocycles. The summed E-state index contributed by atoms with van der Waals surface area (Å²) in [6.07, 6.45) is 4.40. The van der Waals surface area contributed by atoms with Crippen molar-refractivity contribution in [1.82, 2.24) is 14.9 Å². The molecule has 1 saturated heterocycles. The first kappa shape index (κ1) is 24.0. The van der Waals surface area contributed by atoms with Crippen LogP contribution in [0.15, 0.2) is 60.9 Å². The van der Waals surface area contributed by atoms with Gasteiger partial charge in [0.15, 0.2) is 0 Å². The Morgan fingerprint density at radius 2 is 2.09 bits per heavy atom. The average molecular weight is 476 g/mol. The van der Waals surface area contributed by atoms with Gasteiger partial charge in [-0.25, -0.2) is 9.97 Å². The topological polar surface area (TPSA) is 106 Å². The number of nitrogens with zero attached hydrogens (tertiary/aromatic N) is 3. The maximum absolute atomic E-state index is 12.4. The number of aromatic nitrogens is 2. The van der Waals surface area contributed by atoms with Crippen molar-refractivity contribution >= 4 is 34.3 Å². The second-order valence-corrected chi connectivity index (χ2v) is 8.37. The zero-order valence-electron chi connectivity index (χ0n) is 20.0. The maximum Gasteiger partial charge on any atom is 0.325 e. The van der Waals surface area contributed by atoms with Crippen LogP contribution in [-0.4, -0.2) is 59.6 Å². The molecule has 182 valence electrons. The SMILES string of the molecule is COc1cc2ncnc(N[C@H](C)c3ccccc3)c2cc1NCC=CC(=O)N1CC(=O)O[C@H](C)C1. The van der Waals surface area contributed by atoms with Gasteiger partial charge in [-0.3, -0.25) is 9.59 Å². The summed E-state index contributed by atoms with van der Waals surface area (Å²) in [6, 6.07) is 14.0. The number of anilines is 2. The highest BCUT2D eigenvalue weighted by Crippen LogP contribution is 2.33. The van der Waals surface area contributed by atoms with E-state index in [1.165, 1.54) is 17.3 Å². The lowest BCUT2D eigenvalue weighted by Gasteiger charge is -2.29. The van der Waals surface area contributed by atoms with Crippen LogP contribution in [0, 0.1) is 0 Å². The quantitative estimate of drug-likeness (QED) is 0.376. The number of benzene rings is 2. The molecule has 0 radical (unpaired) electrons. The van der Waals surface area contributed by atoms with Crippen LogP contribution in [-0.2, 0) is 14.3 Å². The normalized spacial score (nSPS) is 16.7. The maximum atomic E-state index is 12.4. The first-order valence-corrected chi connectivity index (χ1v) is 11.5. The van der Waals surface area contributed by atoms with Crippen LogP contribution in [0.2, 0.25) is 0 Å². The Kier molecular flexibility index (Phi) is 7.45. The monoisotopic (exact) mass is 475 g/mol. The number of amides is 1. The van der Waals surface area contributed by atoms with Gasteiger partial charge in [-0.2, -0.15) is 0 Å². The van der Waals surface area contributed by atoms with Crippen LogP contribution in [0.5, 0.6) is 5.75 Å². The number of cyclic esters (lactones) is 1. The van der Waals surface area contributed by atoms with Crippen LogP contribution in [0.4, 0.5) is 11.5 Å². The smallest absolute Gasteiger partial charge is 0.325 e. The molecule has 2 heterocycles. The lowest BCUT2D eigenvalue weighted by molar-refractivity contribution is -0.161. The van der Waals surface area contributed by atoms with Gasteiger partial charge in [0.2, 0.25) is 5.91 Å². The molecule has 2 aromatic carbocycles. The molecule has 1 aliphatic rings. The number of ether oxygens (including phenoxy) is 2. The molecule has 1 amide bonds. The van der Waals surface area contributed by atoms with Crippen molar-refractivity contribution < 1.29 is 19.1 Å². The predicted molar refractivity (Wildman–Crippen MR) is 134 cm³/mol. The Bertz CT molecular complexity index is 1230. The first-order chi connectivity index (χ1) is 16.9. The highest BCUT2D eigenvalue weighted by atomic mass is 16.5. The number of rotatable bonds is 8. The molecule has 2 N–H and O–H groups in total. The lowest BCUT2D eigenvalue weighted by atomic mass is 10.1. The van der Waals surface area contributed by atoms with E-state index in [0.29, 0.717) is 24.7 Å². The minimum atomic E-state index is -0.391. The summed E-state index contributed by atoms with van der Waals surface area (Å²) in [6.45, 7) is 4.59. The summed E-state index contributed by atoms with van der Waals surface area (Å²) < 4.78 is 10.6. The van der Waals surface area contributed by atoms with Crippen LogP contribution >= 0.6 is 0 Å². The van der Waals surface area contributed by atoms with Gasteiger partial charge in [0.1, 0.15) is 30.5 Å². The van der Waals surface area contributed by atoms with E-state index in [1.807, 2.05) is 30.3 Å². The van der Waals surface area contributed by atoms with E-state index in [4.69, 9.17) is 9.47 Å². The van der Waals surface area contributed by atoms with Gasteiger partial charge in [0.05, 0.1) is 24.9 Å². The fourth-order valence-electron chi connectivity index (χ4n) is 3.97. The number of hydrogen-bond acceptors (Lipinski definition) is 8. The number of fused-ring (bicyclic) bond motifs is 1. The molecule has 9 heteroatoms. The molecule has 1 fully saturated rings. The molecule has 0 bridgehead atoms. The van der Waals surface area contributed by atoms with Gasteiger partial charge in [-0.15, -0.1) is 0 Å². The van der Waals surface area contributed by atoms with E-state index in [0.717, 1.165) is 22.2 Å². The Hall–Kier alpha value is -4.14. The fourth-order valence-corrected chi connectivity index (χ4v) is 3.97. The average Bonchev–Trinajstić information content (AvgIpc) is 2.86. The van der Waals surface area contributed by atoms with Crippen LogP contribution in [0.1, 0.15) is 25.5 Å². The third kappa shape index (κ3) is 5.87. The minimum absolute atomic E-state index is 0.0311. The highest BCUT2D eigenvalue weighted by molar-refractivity contribution is 5.94. The number of nitrogens with one attached hydrogen (secondary N) is 2. The van der Waals surface area contributed by atoms with Gasteiger partial charge in [-0.05, 0) is 25.5 Å². The fraction of sp³-hybridized carbons (Fsp3) is 0.308. The predicted octanol–water partition coefficient (Wildman–Crippen LogP) is 3.55. The first-order valence-electron chi connectivity index (χ1n) is 11.5. The zero-order valence-corrected chi connectivity index (χ0v) is 20.0. The number of carbonyl (C=O) groups excluding carboxylic acids is 2. The Balaban J connectivity index is 1.48. The number of carbonyl (C=O) groups is 2. The van der Waals surface area contributed by atoms with E-state index in [1.54, 1.807) is 20.1 Å². The second kappa shape index (κ2) is 10.9. The highest BCUT2D eigenvalue weighted by Gasteiger charge is 2.25. The third-order valence-corrected chi connectivity index (χ3v) is 5.72. The van der Waals surface area contributed by atoms with Crippen molar-refractivity contribution in [3.63, 3.8) is 0 Å². The van der Waals surface area contributed by atoms with Gasteiger partial charge in [0, 0.05) is 30.1 Å². The molecule has 35 heavy (non-hydrogen) atoms. The van der Waals surface area contributed by atoms with Crippen molar-refractivity contribution in [1.29, 1.82) is 0 Å². The molecule has 2 atom stereocenters. The van der Waals surface area contributed by atoms with Crippen molar-refractivity contribution in [2.75, 3.05) is 37.4 Å². The van der Waals surface area contributed by atoms with Crippen LogP contribution in [0.25, 0.3) is 10.9 Å². The van der Waals surface area contributed by atoms with Gasteiger partial charge in [-0.1, -0.05) is 36.4 Å². The molecule has 4 rings (SSSR count). The van der Waals surface area contributed by atoms with E-state index >= 15 is 0 Å². The molecular weight excluding hydrogens is 446 g/mol. The van der Waals surface area contributed by atoms with Gasteiger partial charge in [0.25, 0.3) is 0 Å². The Morgan fingerprint density at radius 3 is 2.83 bits per heavy atom. The summed E-state index contributed by atoms with van der Waals surface area (Å²) in [4.78, 5) is 34.3. The van der Waals surface area contributed by atoms with Crippen molar-refractivity contribution in [3.8, 4) is 5.75 Å². The molecule has 0 saturated carbocycles. The molecule has 9 nitrogen and oxygen atoms in total. The molecular formula is C26H29N5O4. The van der Waals surface area contributed by atoms with E-state index in [9.17, 15) is 9.59 Å². The number of methoxy groups -OCH3 is 1. The number of morpholine rings is 1. The molecule has 0 spiro atoms. The van der Waals surface area contributed by atoms with E-state index in [-0.39, 0.29) is 24.6 Å². The standard InChI is InChI=1S/C26H29N5O4/c1-17-14-31(15-25(33)35-17)24(32)10-7-11-27-22-12-20-21(13-23(22)34-3)28-16-29-26(20)30-18(2)19-8-5-4-6-9-19/h4-10,12-13,16-18,27H,11,14-15H2,1-3H3,(H,28,29,30)/t17-,18-/m1/s1.